The Morgan fingerprint density at radius 1 is 0.375 bits per heavy atom. The van der Waals surface area contributed by atoms with Crippen molar-refractivity contribution < 1.29 is 0 Å². The number of hydrogen-bond acceptors (Lipinski definition) is 3. The summed E-state index contributed by atoms with van der Waals surface area (Å²) in [6.07, 6.45) is 0. The van der Waals surface area contributed by atoms with Crippen molar-refractivity contribution in [1.82, 2.24) is 9.97 Å². The molecule has 0 unspecified atom stereocenters. The van der Waals surface area contributed by atoms with Crippen LogP contribution in [0.1, 0.15) is 25.0 Å². The van der Waals surface area contributed by atoms with Crippen molar-refractivity contribution in [3.05, 3.63) is 217 Å². The van der Waals surface area contributed by atoms with Crippen LogP contribution in [0.4, 0.5) is 0 Å². The van der Waals surface area contributed by atoms with Gasteiger partial charge in [-0.05, 0) is 95.0 Å². The molecule has 13 rings (SSSR count). The fourth-order valence-corrected chi connectivity index (χ4v) is 12.0. The van der Waals surface area contributed by atoms with Crippen LogP contribution < -0.4 is 0 Å². The lowest BCUT2D eigenvalue weighted by molar-refractivity contribution is 0.666. The van der Waals surface area contributed by atoms with Crippen LogP contribution in [0.25, 0.3) is 120 Å². The fraction of sp³-hybridized carbons (Fsp3) is 0.0492. The van der Waals surface area contributed by atoms with E-state index in [9.17, 15) is 0 Å². The Labute approximate surface area is 375 Å². The summed E-state index contributed by atoms with van der Waals surface area (Å²) in [5, 5.41) is 9.95. The first kappa shape index (κ1) is 36.9. The van der Waals surface area contributed by atoms with Gasteiger partial charge < -0.3 is 0 Å². The molecule has 0 atom stereocenters. The highest BCUT2D eigenvalue weighted by Crippen LogP contribution is 2.55. The van der Waals surface area contributed by atoms with E-state index in [0.717, 1.165) is 33.5 Å². The minimum atomic E-state index is -0.129. The molecule has 0 aliphatic heterocycles. The van der Waals surface area contributed by atoms with Gasteiger partial charge in [-0.25, -0.2) is 9.97 Å². The number of nitrogens with zero attached hydrogens (tertiary/aromatic N) is 2. The quantitative estimate of drug-likeness (QED) is 0.173. The standard InChI is InChI=1S/C61H40N2S/c1-61(2)52-27-14-25-48(57(52)51-31-30-37-16-6-7-19-39(37)59(51)61)46-33-32-44(40-20-8-9-21-41(40)46)45-34-35-47(43-23-11-10-22-42(43)45)53-36-54(63-60(62-53)38-17-4-3-5-18-38)49-26-15-29-56-58(49)50-24-12-13-28-55(50)64-56/h3-36H,1-2H3. The van der Waals surface area contributed by atoms with Gasteiger partial charge in [0.15, 0.2) is 5.82 Å². The van der Waals surface area contributed by atoms with Crippen molar-refractivity contribution >= 4 is 63.8 Å². The molecule has 64 heavy (non-hydrogen) atoms. The number of fused-ring (bicyclic) bond motifs is 10. The number of thiophene rings is 1. The SMILES string of the molecule is CC1(C)c2cccc(-c3ccc(-c4ccc(-c5cc(-c6cccc7sc8ccccc8c67)nc(-c6ccccc6)n5)c5ccccc45)c4ccccc34)c2-c2ccc3ccccc3c21. The molecule has 2 heterocycles. The van der Waals surface area contributed by atoms with Crippen LogP contribution in [0, 0.1) is 0 Å². The molecule has 0 saturated heterocycles. The van der Waals surface area contributed by atoms with Gasteiger partial charge in [-0.1, -0.05) is 202 Å². The zero-order chi connectivity index (χ0) is 42.5. The van der Waals surface area contributed by atoms with E-state index in [2.05, 4.69) is 214 Å². The van der Waals surface area contributed by atoms with Crippen molar-refractivity contribution in [2.24, 2.45) is 0 Å². The van der Waals surface area contributed by atoms with Gasteiger partial charge in [-0.3, -0.25) is 0 Å². The van der Waals surface area contributed by atoms with Crippen LogP contribution in [-0.4, -0.2) is 9.97 Å². The van der Waals surface area contributed by atoms with Gasteiger partial charge in [0.05, 0.1) is 11.4 Å². The number of benzene rings is 10. The van der Waals surface area contributed by atoms with Crippen molar-refractivity contribution in [3.63, 3.8) is 0 Å². The third-order valence-electron chi connectivity index (χ3n) is 13.7. The monoisotopic (exact) mass is 832 g/mol. The summed E-state index contributed by atoms with van der Waals surface area (Å²) in [6.45, 7) is 4.78. The maximum Gasteiger partial charge on any atom is 0.160 e. The topological polar surface area (TPSA) is 25.8 Å². The Bertz CT molecular complexity index is 3880. The number of aromatic nitrogens is 2. The van der Waals surface area contributed by atoms with Crippen LogP contribution in [0.2, 0.25) is 0 Å². The lowest BCUT2D eigenvalue weighted by atomic mass is 9.80. The fourth-order valence-electron chi connectivity index (χ4n) is 10.8. The lowest BCUT2D eigenvalue weighted by Crippen LogP contribution is -2.15. The maximum atomic E-state index is 5.34. The molecule has 300 valence electrons. The van der Waals surface area contributed by atoms with Gasteiger partial charge in [-0.2, -0.15) is 0 Å². The third-order valence-corrected chi connectivity index (χ3v) is 14.8. The summed E-state index contributed by atoms with van der Waals surface area (Å²) < 4.78 is 2.53. The van der Waals surface area contributed by atoms with Crippen molar-refractivity contribution in [3.8, 4) is 67.3 Å². The highest BCUT2D eigenvalue weighted by Gasteiger charge is 2.38. The summed E-state index contributed by atoms with van der Waals surface area (Å²) in [5.74, 6) is 0.714. The molecule has 2 nitrogen and oxygen atoms in total. The molecule has 0 fully saturated rings. The second kappa shape index (κ2) is 14.2. The zero-order valence-electron chi connectivity index (χ0n) is 35.4. The number of hydrogen-bond donors (Lipinski definition) is 0. The first-order valence-electron chi connectivity index (χ1n) is 22.1. The molecule has 12 aromatic rings. The molecule has 1 aliphatic carbocycles. The molecule has 0 spiro atoms. The molecular weight excluding hydrogens is 793 g/mol. The van der Waals surface area contributed by atoms with Gasteiger partial charge in [0.25, 0.3) is 0 Å². The molecule has 0 bridgehead atoms. The minimum Gasteiger partial charge on any atom is -0.228 e. The minimum absolute atomic E-state index is 0.129. The van der Waals surface area contributed by atoms with Crippen molar-refractivity contribution in [2.75, 3.05) is 0 Å². The highest BCUT2D eigenvalue weighted by atomic mass is 32.1. The van der Waals surface area contributed by atoms with E-state index in [4.69, 9.17) is 9.97 Å². The molecule has 0 radical (unpaired) electrons. The third kappa shape index (κ3) is 5.51. The van der Waals surface area contributed by atoms with E-state index >= 15 is 0 Å². The highest BCUT2D eigenvalue weighted by molar-refractivity contribution is 7.25. The predicted molar refractivity (Wildman–Crippen MR) is 272 cm³/mol. The number of rotatable bonds is 5. The van der Waals surface area contributed by atoms with Crippen LogP contribution in [0.3, 0.4) is 0 Å². The summed E-state index contributed by atoms with van der Waals surface area (Å²) in [7, 11) is 0. The van der Waals surface area contributed by atoms with E-state index in [1.165, 1.54) is 91.6 Å². The first-order chi connectivity index (χ1) is 31.5. The Morgan fingerprint density at radius 3 is 1.61 bits per heavy atom. The summed E-state index contributed by atoms with van der Waals surface area (Å²) >= 11 is 1.83. The van der Waals surface area contributed by atoms with Crippen molar-refractivity contribution in [1.29, 1.82) is 0 Å². The van der Waals surface area contributed by atoms with Gasteiger partial charge in [0.1, 0.15) is 0 Å². The predicted octanol–water partition coefficient (Wildman–Crippen LogP) is 16.9. The van der Waals surface area contributed by atoms with E-state index in [1.54, 1.807) is 0 Å². The average molecular weight is 833 g/mol. The molecule has 1 aliphatic rings. The summed E-state index contributed by atoms with van der Waals surface area (Å²) in [5.41, 5.74) is 15.3. The smallest absolute Gasteiger partial charge is 0.160 e. The summed E-state index contributed by atoms with van der Waals surface area (Å²) in [6, 6.07) is 75.3. The Hall–Kier alpha value is -7.72. The van der Waals surface area contributed by atoms with Gasteiger partial charge in [0, 0.05) is 42.3 Å². The average Bonchev–Trinajstić information content (AvgIpc) is 3.85. The second-order valence-electron chi connectivity index (χ2n) is 17.6. The molecule has 0 amide bonds. The van der Waals surface area contributed by atoms with Gasteiger partial charge in [0.2, 0.25) is 0 Å². The van der Waals surface area contributed by atoms with Crippen molar-refractivity contribution in [2.45, 2.75) is 19.3 Å². The molecule has 0 saturated carbocycles. The van der Waals surface area contributed by atoms with Crippen LogP contribution in [0.5, 0.6) is 0 Å². The Morgan fingerprint density at radius 2 is 0.891 bits per heavy atom. The first-order valence-corrected chi connectivity index (χ1v) is 22.9. The lowest BCUT2D eigenvalue weighted by Gasteiger charge is -2.23. The van der Waals surface area contributed by atoms with Gasteiger partial charge in [-0.15, -0.1) is 11.3 Å². The van der Waals surface area contributed by atoms with Crippen LogP contribution in [-0.2, 0) is 5.41 Å². The maximum absolute atomic E-state index is 5.34. The largest absolute Gasteiger partial charge is 0.228 e. The molecular formula is C61H40N2S. The Balaban J connectivity index is 0.991. The molecule has 2 aromatic heterocycles. The van der Waals surface area contributed by atoms with Crippen LogP contribution in [0.15, 0.2) is 206 Å². The van der Waals surface area contributed by atoms with E-state index in [-0.39, 0.29) is 5.41 Å². The van der Waals surface area contributed by atoms with E-state index in [0.29, 0.717) is 5.82 Å². The molecule has 10 aromatic carbocycles. The molecule has 0 N–H and O–H groups in total. The van der Waals surface area contributed by atoms with E-state index in [1.807, 2.05) is 17.4 Å². The van der Waals surface area contributed by atoms with Gasteiger partial charge >= 0.3 is 0 Å². The van der Waals surface area contributed by atoms with E-state index < -0.39 is 0 Å². The Kier molecular flexibility index (Phi) is 8.16. The van der Waals surface area contributed by atoms with Crippen LogP contribution >= 0.6 is 11.3 Å². The second-order valence-corrected chi connectivity index (χ2v) is 18.7. The summed E-state index contributed by atoms with van der Waals surface area (Å²) in [4.78, 5) is 10.6. The molecule has 3 heteroatoms. The zero-order valence-corrected chi connectivity index (χ0v) is 36.2. The normalized spacial score (nSPS) is 13.0.